The van der Waals surface area contributed by atoms with E-state index in [1.165, 1.54) is 5.56 Å². The fraction of sp³-hybridized carbons (Fsp3) is 0.471. The van der Waals surface area contributed by atoms with E-state index in [-0.39, 0.29) is 6.04 Å². The first-order valence-corrected chi connectivity index (χ1v) is 7.73. The van der Waals surface area contributed by atoms with Gasteiger partial charge in [0.15, 0.2) is 0 Å². The highest BCUT2D eigenvalue weighted by Crippen LogP contribution is 2.40. The van der Waals surface area contributed by atoms with Crippen molar-refractivity contribution in [2.75, 3.05) is 13.2 Å². The minimum Gasteiger partial charge on any atom is -0.493 e. The van der Waals surface area contributed by atoms with Crippen molar-refractivity contribution in [3.05, 3.63) is 48.0 Å². The van der Waals surface area contributed by atoms with E-state index in [0.717, 1.165) is 37.6 Å². The third-order valence-electron chi connectivity index (χ3n) is 4.16. The van der Waals surface area contributed by atoms with Crippen LogP contribution < -0.4 is 10.1 Å². The monoisotopic (exact) mass is 285 g/mol. The molecule has 1 N–H and O–H groups in total. The molecule has 3 rings (SSSR count). The van der Waals surface area contributed by atoms with Crippen molar-refractivity contribution in [3.8, 4) is 5.75 Å². The van der Waals surface area contributed by atoms with Gasteiger partial charge in [-0.05, 0) is 31.0 Å². The number of ether oxygens (including phenoxy) is 1. The van der Waals surface area contributed by atoms with Crippen molar-refractivity contribution < 1.29 is 4.74 Å². The summed E-state index contributed by atoms with van der Waals surface area (Å²) in [5.41, 5.74) is 1.29. The molecule has 0 saturated carbocycles. The number of hydrogen-bond acceptors (Lipinski definition) is 3. The Morgan fingerprint density at radius 2 is 2.29 bits per heavy atom. The largest absolute Gasteiger partial charge is 0.493 e. The van der Waals surface area contributed by atoms with E-state index < -0.39 is 0 Å². The van der Waals surface area contributed by atoms with E-state index in [2.05, 4.69) is 47.0 Å². The molecule has 21 heavy (non-hydrogen) atoms. The molecular weight excluding hydrogens is 262 g/mol. The van der Waals surface area contributed by atoms with Gasteiger partial charge in [0.2, 0.25) is 0 Å². The number of para-hydroxylation sites is 1. The molecular formula is C17H23N3O. The first-order chi connectivity index (χ1) is 10.3. The Morgan fingerprint density at radius 3 is 3.05 bits per heavy atom. The van der Waals surface area contributed by atoms with Crippen LogP contribution in [0.25, 0.3) is 0 Å². The smallest absolute Gasteiger partial charge is 0.126 e. The lowest BCUT2D eigenvalue weighted by Crippen LogP contribution is -2.32. The molecule has 0 spiro atoms. The zero-order valence-corrected chi connectivity index (χ0v) is 12.7. The van der Waals surface area contributed by atoms with Gasteiger partial charge in [-0.15, -0.1) is 0 Å². The van der Waals surface area contributed by atoms with Gasteiger partial charge < -0.3 is 14.6 Å². The summed E-state index contributed by atoms with van der Waals surface area (Å²) < 4.78 is 7.92. The van der Waals surface area contributed by atoms with E-state index in [1.807, 2.05) is 18.5 Å². The fourth-order valence-corrected chi connectivity index (χ4v) is 3.11. The van der Waals surface area contributed by atoms with Gasteiger partial charge in [-0.1, -0.05) is 25.1 Å². The Hall–Kier alpha value is -1.81. The molecule has 0 saturated heterocycles. The summed E-state index contributed by atoms with van der Waals surface area (Å²) in [6.45, 7) is 3.97. The molecule has 2 atom stereocenters. The molecule has 0 radical (unpaired) electrons. The van der Waals surface area contributed by atoms with E-state index in [1.54, 1.807) is 0 Å². The number of nitrogens with one attached hydrogen (secondary N) is 1. The van der Waals surface area contributed by atoms with Gasteiger partial charge in [0.25, 0.3) is 0 Å². The second-order valence-corrected chi connectivity index (χ2v) is 5.61. The Balaban J connectivity index is 1.96. The van der Waals surface area contributed by atoms with E-state index >= 15 is 0 Å². The Kier molecular flexibility index (Phi) is 4.25. The van der Waals surface area contributed by atoms with Crippen LogP contribution in [0.3, 0.4) is 0 Å². The van der Waals surface area contributed by atoms with Crippen LogP contribution in [-0.4, -0.2) is 22.7 Å². The highest BCUT2D eigenvalue weighted by Gasteiger charge is 2.31. The number of fused-ring (bicyclic) bond motifs is 1. The van der Waals surface area contributed by atoms with Crippen LogP contribution in [0.2, 0.25) is 0 Å². The maximum atomic E-state index is 5.80. The summed E-state index contributed by atoms with van der Waals surface area (Å²) >= 11 is 0. The number of rotatable bonds is 5. The van der Waals surface area contributed by atoms with Crippen LogP contribution in [0.5, 0.6) is 5.75 Å². The normalized spacial score (nSPS) is 18.9. The van der Waals surface area contributed by atoms with Gasteiger partial charge in [-0.25, -0.2) is 4.98 Å². The summed E-state index contributed by atoms with van der Waals surface area (Å²) in [5, 5.41) is 3.68. The Bertz CT molecular complexity index is 593. The Labute approximate surface area is 126 Å². The molecule has 1 aromatic heterocycles. The van der Waals surface area contributed by atoms with E-state index in [0.29, 0.717) is 5.92 Å². The van der Waals surface area contributed by atoms with Crippen LogP contribution in [0.1, 0.15) is 43.1 Å². The number of imidazole rings is 1. The quantitative estimate of drug-likeness (QED) is 0.918. The molecule has 1 aliphatic rings. The van der Waals surface area contributed by atoms with E-state index in [9.17, 15) is 0 Å². The minimum absolute atomic E-state index is 0.231. The first kappa shape index (κ1) is 14.1. The molecule has 0 amide bonds. The van der Waals surface area contributed by atoms with Crippen LogP contribution in [0.4, 0.5) is 0 Å². The average Bonchev–Trinajstić information content (AvgIpc) is 2.94. The molecule has 4 heteroatoms. The van der Waals surface area contributed by atoms with Crippen molar-refractivity contribution in [3.63, 3.8) is 0 Å². The van der Waals surface area contributed by atoms with Crippen molar-refractivity contribution in [2.24, 2.45) is 7.05 Å². The second-order valence-electron chi connectivity index (χ2n) is 5.61. The molecule has 112 valence electrons. The van der Waals surface area contributed by atoms with E-state index in [4.69, 9.17) is 4.74 Å². The topological polar surface area (TPSA) is 39.1 Å². The van der Waals surface area contributed by atoms with Gasteiger partial charge in [0.05, 0.1) is 12.6 Å². The van der Waals surface area contributed by atoms with Crippen molar-refractivity contribution in [1.82, 2.24) is 14.9 Å². The maximum Gasteiger partial charge on any atom is 0.126 e. The van der Waals surface area contributed by atoms with Crippen molar-refractivity contribution in [2.45, 2.75) is 31.7 Å². The molecule has 1 aliphatic heterocycles. The molecule has 0 fully saturated rings. The number of nitrogens with zero attached hydrogens (tertiary/aromatic N) is 2. The standard InChI is InChI=1S/C17H23N3O/c1-3-9-18-16(17-19-10-11-20(17)2)14-8-12-21-15-7-5-4-6-13(14)15/h4-7,10-11,14,16,18H,3,8-9,12H2,1-2H3. The third-order valence-corrected chi connectivity index (χ3v) is 4.16. The highest BCUT2D eigenvalue weighted by atomic mass is 16.5. The first-order valence-electron chi connectivity index (χ1n) is 7.73. The van der Waals surface area contributed by atoms with Gasteiger partial charge in [0, 0.05) is 25.4 Å². The summed E-state index contributed by atoms with van der Waals surface area (Å²) in [6, 6.07) is 8.61. The lowest BCUT2D eigenvalue weighted by atomic mass is 9.86. The second kappa shape index (κ2) is 6.31. The highest BCUT2D eigenvalue weighted by molar-refractivity contribution is 5.39. The lowest BCUT2D eigenvalue weighted by molar-refractivity contribution is 0.242. The van der Waals surface area contributed by atoms with Crippen LogP contribution in [-0.2, 0) is 7.05 Å². The third kappa shape index (κ3) is 2.81. The van der Waals surface area contributed by atoms with Crippen LogP contribution in [0, 0.1) is 0 Å². The minimum atomic E-state index is 0.231. The summed E-state index contributed by atoms with van der Waals surface area (Å²) in [5.74, 6) is 2.53. The Morgan fingerprint density at radius 1 is 1.43 bits per heavy atom. The van der Waals surface area contributed by atoms with Gasteiger partial charge in [-0.2, -0.15) is 0 Å². The SMILES string of the molecule is CCCNC(c1nccn1C)C1CCOc2ccccc21. The molecule has 2 aromatic rings. The molecule has 0 aliphatic carbocycles. The zero-order valence-electron chi connectivity index (χ0n) is 12.7. The molecule has 2 unspecified atom stereocenters. The molecule has 1 aromatic carbocycles. The van der Waals surface area contributed by atoms with Gasteiger partial charge >= 0.3 is 0 Å². The number of hydrogen-bond donors (Lipinski definition) is 1. The van der Waals surface area contributed by atoms with Crippen molar-refractivity contribution in [1.29, 1.82) is 0 Å². The maximum absolute atomic E-state index is 5.80. The molecule has 0 bridgehead atoms. The van der Waals surface area contributed by atoms with Gasteiger partial charge in [0.1, 0.15) is 11.6 Å². The summed E-state index contributed by atoms with van der Waals surface area (Å²) in [4.78, 5) is 4.58. The number of benzene rings is 1. The fourth-order valence-electron chi connectivity index (χ4n) is 3.11. The summed E-state index contributed by atoms with van der Waals surface area (Å²) in [6.07, 6.45) is 6.03. The molecule has 2 heterocycles. The lowest BCUT2D eigenvalue weighted by Gasteiger charge is -2.32. The average molecular weight is 285 g/mol. The van der Waals surface area contributed by atoms with Crippen molar-refractivity contribution >= 4 is 0 Å². The van der Waals surface area contributed by atoms with Crippen LogP contribution >= 0.6 is 0 Å². The molecule has 4 nitrogen and oxygen atoms in total. The zero-order chi connectivity index (χ0) is 14.7. The van der Waals surface area contributed by atoms with Crippen LogP contribution in [0.15, 0.2) is 36.7 Å². The number of aryl methyl sites for hydroxylation is 1. The predicted molar refractivity (Wildman–Crippen MR) is 83.5 cm³/mol. The predicted octanol–water partition coefficient (Wildman–Crippen LogP) is 3.03. The van der Waals surface area contributed by atoms with Gasteiger partial charge in [-0.3, -0.25) is 0 Å². The summed E-state index contributed by atoms with van der Waals surface area (Å²) in [7, 11) is 2.06. The number of aromatic nitrogens is 2.